The van der Waals surface area contributed by atoms with Gasteiger partial charge in [-0.25, -0.2) is 0 Å². The quantitative estimate of drug-likeness (QED) is 0.0362. The Morgan fingerprint density at radius 3 is 1.15 bits per heavy atom. The van der Waals surface area contributed by atoms with Crippen LogP contribution in [0.25, 0.3) is 0 Å². The van der Waals surface area contributed by atoms with Gasteiger partial charge in [0.05, 0.1) is 18.3 Å². The number of aliphatic hydroxyl groups is 3. The molecule has 6 nitrogen and oxygen atoms in total. The zero-order chi connectivity index (χ0) is 43.1. The van der Waals surface area contributed by atoms with E-state index in [4.69, 9.17) is 0 Å². The van der Waals surface area contributed by atoms with Gasteiger partial charge in [0.15, 0.2) is 0 Å². The number of allylic oxidation sites excluding steroid dienone is 12. The predicted octanol–water partition coefficient (Wildman–Crippen LogP) is 12.8. The van der Waals surface area contributed by atoms with Crippen molar-refractivity contribution in [3.8, 4) is 0 Å². The van der Waals surface area contributed by atoms with Crippen molar-refractivity contribution in [3.63, 3.8) is 0 Å². The van der Waals surface area contributed by atoms with Gasteiger partial charge >= 0.3 is 0 Å². The second-order valence-electron chi connectivity index (χ2n) is 17.1. The molecule has 6 heteroatoms. The second kappa shape index (κ2) is 47.3. The molecule has 0 saturated heterocycles. The highest BCUT2D eigenvalue weighted by atomic mass is 16.3. The van der Waals surface area contributed by atoms with E-state index >= 15 is 0 Å². The first-order chi connectivity index (χ1) is 28.9. The van der Waals surface area contributed by atoms with Crippen LogP contribution in [-0.2, 0) is 0 Å². The van der Waals surface area contributed by atoms with E-state index in [0.717, 1.165) is 84.0 Å². The molecule has 3 unspecified atom stereocenters. The van der Waals surface area contributed by atoms with Crippen molar-refractivity contribution < 1.29 is 15.3 Å². The molecule has 0 fully saturated rings. The third kappa shape index (κ3) is 45.6. The largest absolute Gasteiger partial charge is 0.392 e. The monoisotopic (exact) mass is 826 g/mol. The van der Waals surface area contributed by atoms with Gasteiger partial charge in [-0.3, -0.25) is 4.90 Å². The molecule has 0 aromatic heterocycles. The smallest absolute Gasteiger partial charge is 0.0670 e. The normalized spacial score (nSPS) is 14.4. The fraction of sp³-hybridized carbons (Fsp3) is 0.774. The summed E-state index contributed by atoms with van der Waals surface area (Å²) in [5.41, 5.74) is 0. The summed E-state index contributed by atoms with van der Waals surface area (Å²) in [5.74, 6) is 0. The Bertz CT molecular complexity index is 973. The van der Waals surface area contributed by atoms with Gasteiger partial charge in [0.25, 0.3) is 0 Å². The summed E-state index contributed by atoms with van der Waals surface area (Å²) in [6.45, 7) is 11.9. The first-order valence-electron chi connectivity index (χ1n) is 25.0. The average molecular weight is 826 g/mol. The molecule has 0 bridgehead atoms. The van der Waals surface area contributed by atoms with Crippen molar-refractivity contribution in [2.75, 3.05) is 52.9 Å². The zero-order valence-corrected chi connectivity index (χ0v) is 39.4. The van der Waals surface area contributed by atoms with Gasteiger partial charge in [-0.15, -0.1) is 0 Å². The standard InChI is InChI=1S/C53H99N3O3/c1-5-8-11-14-17-20-23-26-29-32-35-38-41-51(57)48-54-44-45-55(4)46-47-56(49-52(58)42-39-36-33-30-27-24-21-18-15-12-9-6-2)50-53(59)43-40-37-34-31-28-25-22-19-16-13-10-7-3/h23-28,32-37,51-54,57-59H,5-22,29-31,38-50H2,1-4H3/b26-23-,27-24-,28-25-,35-32-,36-33-,37-34-. The number of likely N-dealkylation sites (N-methyl/N-ethyl adjacent to an activating group) is 1. The van der Waals surface area contributed by atoms with Gasteiger partial charge < -0.3 is 25.5 Å². The molecule has 59 heavy (non-hydrogen) atoms. The fourth-order valence-electron chi connectivity index (χ4n) is 7.08. The molecule has 3 atom stereocenters. The summed E-state index contributed by atoms with van der Waals surface area (Å²) in [6, 6.07) is 0. The number of aliphatic hydroxyl groups excluding tert-OH is 3. The van der Waals surface area contributed by atoms with Crippen molar-refractivity contribution in [2.24, 2.45) is 0 Å². The van der Waals surface area contributed by atoms with E-state index in [1.165, 1.54) is 116 Å². The fourth-order valence-corrected chi connectivity index (χ4v) is 7.08. The lowest BCUT2D eigenvalue weighted by atomic mass is 10.1. The lowest BCUT2D eigenvalue weighted by Gasteiger charge is -2.29. The maximum Gasteiger partial charge on any atom is 0.0670 e. The average Bonchev–Trinajstić information content (AvgIpc) is 3.22. The van der Waals surface area contributed by atoms with E-state index in [-0.39, 0.29) is 6.10 Å². The number of hydrogen-bond acceptors (Lipinski definition) is 6. The van der Waals surface area contributed by atoms with Crippen LogP contribution >= 0.6 is 0 Å². The Morgan fingerprint density at radius 1 is 0.407 bits per heavy atom. The minimum Gasteiger partial charge on any atom is -0.392 e. The van der Waals surface area contributed by atoms with Gasteiger partial charge in [0, 0.05) is 45.8 Å². The van der Waals surface area contributed by atoms with E-state index in [2.05, 4.69) is 116 Å². The number of nitrogens with zero attached hydrogens (tertiary/aromatic N) is 2. The van der Waals surface area contributed by atoms with Crippen molar-refractivity contribution in [2.45, 2.75) is 212 Å². The molecule has 0 aliphatic carbocycles. The Balaban J connectivity index is 4.59. The van der Waals surface area contributed by atoms with Gasteiger partial charge in [0.2, 0.25) is 0 Å². The van der Waals surface area contributed by atoms with Gasteiger partial charge in [0.1, 0.15) is 0 Å². The second-order valence-corrected chi connectivity index (χ2v) is 17.1. The molecule has 0 heterocycles. The summed E-state index contributed by atoms with van der Waals surface area (Å²) in [7, 11) is 2.13. The van der Waals surface area contributed by atoms with Crippen LogP contribution in [0.2, 0.25) is 0 Å². The third-order valence-electron chi connectivity index (χ3n) is 11.0. The van der Waals surface area contributed by atoms with Crippen LogP contribution in [0.4, 0.5) is 0 Å². The zero-order valence-electron chi connectivity index (χ0n) is 39.4. The lowest BCUT2D eigenvalue weighted by Crippen LogP contribution is -2.43. The van der Waals surface area contributed by atoms with Crippen LogP contribution in [0.3, 0.4) is 0 Å². The van der Waals surface area contributed by atoms with E-state index < -0.39 is 12.2 Å². The highest BCUT2D eigenvalue weighted by Crippen LogP contribution is 2.10. The Morgan fingerprint density at radius 2 is 0.763 bits per heavy atom. The van der Waals surface area contributed by atoms with Gasteiger partial charge in [-0.05, 0) is 103 Å². The van der Waals surface area contributed by atoms with E-state index in [1.807, 2.05) is 0 Å². The topological polar surface area (TPSA) is 79.2 Å². The summed E-state index contributed by atoms with van der Waals surface area (Å²) in [4.78, 5) is 4.55. The predicted molar refractivity (Wildman–Crippen MR) is 261 cm³/mol. The maximum atomic E-state index is 11.0. The van der Waals surface area contributed by atoms with E-state index in [1.54, 1.807) is 0 Å². The molecule has 0 aromatic carbocycles. The number of rotatable bonds is 45. The van der Waals surface area contributed by atoms with Crippen LogP contribution in [-0.4, -0.2) is 96.3 Å². The van der Waals surface area contributed by atoms with E-state index in [0.29, 0.717) is 19.6 Å². The van der Waals surface area contributed by atoms with Gasteiger partial charge in [-0.2, -0.15) is 0 Å². The molecule has 0 aliphatic heterocycles. The van der Waals surface area contributed by atoms with Gasteiger partial charge in [-0.1, -0.05) is 171 Å². The van der Waals surface area contributed by atoms with Crippen molar-refractivity contribution in [1.82, 2.24) is 15.1 Å². The summed E-state index contributed by atoms with van der Waals surface area (Å²) in [5, 5.41) is 35.9. The lowest BCUT2D eigenvalue weighted by molar-refractivity contribution is 0.0590. The minimum absolute atomic E-state index is 0.338. The van der Waals surface area contributed by atoms with Crippen LogP contribution in [0.5, 0.6) is 0 Å². The summed E-state index contributed by atoms with van der Waals surface area (Å²) < 4.78 is 0. The van der Waals surface area contributed by atoms with Crippen molar-refractivity contribution in [3.05, 3.63) is 72.9 Å². The summed E-state index contributed by atoms with van der Waals surface area (Å²) >= 11 is 0. The molecule has 0 rings (SSSR count). The molecule has 0 aromatic rings. The third-order valence-corrected chi connectivity index (χ3v) is 11.0. The minimum atomic E-state index is -0.422. The first kappa shape index (κ1) is 57.2. The highest BCUT2D eigenvalue weighted by Gasteiger charge is 2.16. The van der Waals surface area contributed by atoms with Crippen molar-refractivity contribution in [1.29, 1.82) is 0 Å². The highest BCUT2D eigenvalue weighted by molar-refractivity contribution is 4.95. The molecule has 0 amide bonds. The molecular weight excluding hydrogens is 727 g/mol. The SMILES string of the molecule is CCCCCCC/C=C\C/C=C\CCC(O)CNCCN(C)CCN(CC(O)CC/C=C\C/C=C\CCCCCCC)CC(O)CC/C=C\C/C=C\CCCCCCC. The molecular formula is C53H99N3O3. The van der Waals surface area contributed by atoms with Crippen LogP contribution in [0.15, 0.2) is 72.9 Å². The molecule has 0 saturated carbocycles. The Labute approximate surface area is 367 Å². The maximum absolute atomic E-state index is 11.0. The number of hydrogen-bond donors (Lipinski definition) is 4. The van der Waals surface area contributed by atoms with Crippen LogP contribution in [0.1, 0.15) is 194 Å². The Hall–Kier alpha value is -1.80. The summed E-state index contributed by atoms with van der Waals surface area (Å²) in [6.07, 6.45) is 57.0. The molecule has 0 aliphatic rings. The van der Waals surface area contributed by atoms with Crippen molar-refractivity contribution >= 4 is 0 Å². The molecule has 0 spiro atoms. The molecule has 0 radical (unpaired) electrons. The van der Waals surface area contributed by atoms with Crippen LogP contribution in [0, 0.1) is 0 Å². The number of nitrogens with one attached hydrogen (secondary N) is 1. The van der Waals surface area contributed by atoms with Crippen LogP contribution < -0.4 is 5.32 Å². The molecule has 344 valence electrons. The number of unbranched alkanes of at least 4 members (excludes halogenated alkanes) is 15. The molecule has 4 N–H and O–H groups in total. The Kier molecular flexibility index (Phi) is 45.8. The van der Waals surface area contributed by atoms with E-state index in [9.17, 15) is 15.3 Å². The first-order valence-corrected chi connectivity index (χ1v) is 25.0.